The van der Waals surface area contributed by atoms with Crippen LogP contribution in [0.3, 0.4) is 0 Å². The van der Waals surface area contributed by atoms with Gasteiger partial charge in [0.25, 0.3) is 5.69 Å². The van der Waals surface area contributed by atoms with Crippen LogP contribution in [0.1, 0.15) is 21.8 Å². The molecule has 0 radical (unpaired) electrons. The maximum absolute atomic E-state index is 11.4. The van der Waals surface area contributed by atoms with Gasteiger partial charge in [0.1, 0.15) is 23.3 Å². The monoisotopic (exact) mass is 327 g/mol. The van der Waals surface area contributed by atoms with E-state index in [1.807, 2.05) is 0 Å². The molecule has 8 heteroatoms. The van der Waals surface area contributed by atoms with Gasteiger partial charge in [0.15, 0.2) is 6.29 Å². The fourth-order valence-corrected chi connectivity index (χ4v) is 2.73. The maximum atomic E-state index is 11.4. The second-order valence-electron chi connectivity index (χ2n) is 5.20. The summed E-state index contributed by atoms with van der Waals surface area (Å²) >= 11 is 0. The number of aryl methyl sites for hydroxylation is 2. The fraction of sp³-hybridized carbons (Fsp3) is 0.188. The summed E-state index contributed by atoms with van der Waals surface area (Å²) in [4.78, 5) is 25.9. The summed E-state index contributed by atoms with van der Waals surface area (Å²) in [6.07, 6.45) is 1.53. The lowest BCUT2D eigenvalue weighted by Gasteiger charge is -2.11. The molecule has 0 aliphatic carbocycles. The van der Waals surface area contributed by atoms with Crippen molar-refractivity contribution in [2.24, 2.45) is 0 Å². The number of fused-ring (bicyclic) bond motifs is 1. The number of hydrogen-bond acceptors (Lipinski definition) is 7. The lowest BCUT2D eigenvalue weighted by molar-refractivity contribution is -0.385. The quantitative estimate of drug-likeness (QED) is 0.411. The molecule has 0 spiro atoms. The molecular formula is C16H13N3O5. The van der Waals surface area contributed by atoms with Crippen LogP contribution in [0, 0.1) is 24.0 Å². The fourth-order valence-electron chi connectivity index (χ4n) is 2.73. The van der Waals surface area contributed by atoms with Gasteiger partial charge in [-0.2, -0.15) is 0 Å². The van der Waals surface area contributed by atoms with Gasteiger partial charge in [0.2, 0.25) is 0 Å². The molecule has 0 aliphatic rings. The van der Waals surface area contributed by atoms with E-state index in [-0.39, 0.29) is 11.3 Å². The predicted molar refractivity (Wildman–Crippen MR) is 85.3 cm³/mol. The Bertz CT molecular complexity index is 958. The summed E-state index contributed by atoms with van der Waals surface area (Å²) in [5.41, 5.74) is 2.21. The van der Waals surface area contributed by atoms with Crippen molar-refractivity contribution in [3.8, 4) is 16.9 Å². The van der Waals surface area contributed by atoms with Crippen molar-refractivity contribution in [1.82, 2.24) is 10.1 Å². The van der Waals surface area contributed by atoms with Crippen molar-refractivity contribution in [3.05, 3.63) is 45.5 Å². The molecule has 1 aromatic carbocycles. The van der Waals surface area contributed by atoms with E-state index < -0.39 is 4.92 Å². The van der Waals surface area contributed by atoms with Crippen molar-refractivity contribution < 1.29 is 19.0 Å². The molecule has 0 fully saturated rings. The summed E-state index contributed by atoms with van der Waals surface area (Å²) in [5, 5.41) is 15.4. The number of ether oxygens (including phenoxy) is 1. The van der Waals surface area contributed by atoms with Gasteiger partial charge in [0, 0.05) is 10.9 Å². The van der Waals surface area contributed by atoms with E-state index in [4.69, 9.17) is 9.26 Å². The largest absolute Gasteiger partial charge is 0.496 e. The number of benzene rings is 1. The molecular weight excluding hydrogens is 314 g/mol. The van der Waals surface area contributed by atoms with Crippen LogP contribution in [-0.4, -0.2) is 28.5 Å². The molecule has 0 atom stereocenters. The van der Waals surface area contributed by atoms with Crippen molar-refractivity contribution >= 4 is 22.9 Å². The molecule has 0 N–H and O–H groups in total. The molecule has 122 valence electrons. The van der Waals surface area contributed by atoms with Crippen LogP contribution in [0.4, 0.5) is 5.69 Å². The van der Waals surface area contributed by atoms with E-state index in [0.29, 0.717) is 40.0 Å². The predicted octanol–water partition coefficient (Wildman–Crippen LogP) is 3.24. The third-order valence-corrected chi connectivity index (χ3v) is 3.83. The molecule has 0 bridgehead atoms. The van der Waals surface area contributed by atoms with Crippen molar-refractivity contribution in [3.63, 3.8) is 0 Å². The Labute approximate surface area is 136 Å². The van der Waals surface area contributed by atoms with Crippen LogP contribution in [0.2, 0.25) is 0 Å². The average molecular weight is 327 g/mol. The smallest absolute Gasteiger partial charge is 0.298 e. The SMILES string of the molecule is COc1cc2c(C=O)c([N+](=O)[O-])cnc2cc1-c1c(C)noc1C. The number of aldehydes is 1. The topological polar surface area (TPSA) is 108 Å². The van der Waals surface area contributed by atoms with E-state index in [1.165, 1.54) is 7.11 Å². The summed E-state index contributed by atoms with van der Waals surface area (Å²) in [6, 6.07) is 3.28. The highest BCUT2D eigenvalue weighted by Gasteiger charge is 2.22. The van der Waals surface area contributed by atoms with Gasteiger partial charge >= 0.3 is 0 Å². The first-order valence-electron chi connectivity index (χ1n) is 7.01. The van der Waals surface area contributed by atoms with E-state index >= 15 is 0 Å². The normalized spacial score (nSPS) is 10.8. The minimum absolute atomic E-state index is 0.0337. The molecule has 8 nitrogen and oxygen atoms in total. The average Bonchev–Trinajstić information content (AvgIpc) is 2.90. The number of pyridine rings is 1. The molecule has 3 aromatic rings. The zero-order valence-electron chi connectivity index (χ0n) is 13.2. The van der Waals surface area contributed by atoms with E-state index in [2.05, 4.69) is 10.1 Å². The Morgan fingerprint density at radius 3 is 2.62 bits per heavy atom. The third-order valence-electron chi connectivity index (χ3n) is 3.83. The Balaban J connectivity index is 2.38. The highest BCUT2D eigenvalue weighted by atomic mass is 16.6. The summed E-state index contributed by atoms with van der Waals surface area (Å²) < 4.78 is 10.6. The standard InChI is InChI=1S/C16H13N3O5/c1-8-16(9(2)24-18-8)11-4-13-10(5-15(11)23-3)12(7-20)14(6-17-13)19(21)22/h4-7H,1-3H3. The molecule has 3 rings (SSSR count). The third kappa shape index (κ3) is 2.28. The van der Waals surface area contributed by atoms with Gasteiger partial charge < -0.3 is 9.26 Å². The Hall–Kier alpha value is -3.29. The highest BCUT2D eigenvalue weighted by Crippen LogP contribution is 2.38. The number of carbonyl (C=O) groups is 1. The Kier molecular flexibility index (Phi) is 3.72. The van der Waals surface area contributed by atoms with Crippen LogP contribution in [-0.2, 0) is 0 Å². The minimum Gasteiger partial charge on any atom is -0.496 e. The second-order valence-corrected chi connectivity index (χ2v) is 5.20. The summed E-state index contributed by atoms with van der Waals surface area (Å²) in [6.45, 7) is 3.58. The van der Waals surface area contributed by atoms with Crippen LogP contribution in [0.5, 0.6) is 5.75 Å². The number of hydrogen-bond donors (Lipinski definition) is 0. The zero-order chi connectivity index (χ0) is 17.4. The van der Waals surface area contributed by atoms with Gasteiger partial charge in [-0.05, 0) is 26.0 Å². The molecule has 2 aromatic heterocycles. The minimum atomic E-state index is -0.634. The van der Waals surface area contributed by atoms with Crippen LogP contribution < -0.4 is 4.74 Å². The van der Waals surface area contributed by atoms with Crippen molar-refractivity contribution in [2.45, 2.75) is 13.8 Å². The molecule has 0 unspecified atom stereocenters. The Morgan fingerprint density at radius 2 is 2.08 bits per heavy atom. The van der Waals surface area contributed by atoms with Crippen molar-refractivity contribution in [2.75, 3.05) is 7.11 Å². The molecule has 24 heavy (non-hydrogen) atoms. The van der Waals surface area contributed by atoms with Gasteiger partial charge in [-0.3, -0.25) is 14.9 Å². The first-order valence-corrected chi connectivity index (χ1v) is 7.01. The van der Waals surface area contributed by atoms with E-state index in [9.17, 15) is 14.9 Å². The molecule has 0 saturated carbocycles. The molecule has 0 aliphatic heterocycles. The first kappa shape index (κ1) is 15.6. The summed E-state index contributed by atoms with van der Waals surface area (Å²) in [7, 11) is 1.48. The first-order chi connectivity index (χ1) is 11.5. The van der Waals surface area contributed by atoms with Crippen molar-refractivity contribution in [1.29, 1.82) is 0 Å². The maximum Gasteiger partial charge on any atom is 0.298 e. The number of rotatable bonds is 4. The lowest BCUT2D eigenvalue weighted by Crippen LogP contribution is -1.99. The van der Waals surface area contributed by atoms with Crippen LogP contribution in [0.25, 0.3) is 22.0 Å². The molecule has 0 amide bonds. The Morgan fingerprint density at radius 1 is 1.33 bits per heavy atom. The van der Waals surface area contributed by atoms with Gasteiger partial charge in [-0.1, -0.05) is 5.16 Å². The van der Waals surface area contributed by atoms with Gasteiger partial charge in [-0.25, -0.2) is 4.98 Å². The number of aromatic nitrogens is 2. The number of carbonyl (C=O) groups excluding carboxylic acids is 1. The number of methoxy groups -OCH3 is 1. The summed E-state index contributed by atoms with van der Waals surface area (Å²) in [5.74, 6) is 1.06. The van der Waals surface area contributed by atoms with Gasteiger partial charge in [0.05, 0.1) is 28.8 Å². The molecule has 2 heterocycles. The number of nitro groups is 1. The van der Waals surface area contributed by atoms with E-state index in [1.54, 1.807) is 26.0 Å². The number of nitrogens with zero attached hydrogens (tertiary/aromatic N) is 3. The van der Waals surface area contributed by atoms with Crippen LogP contribution in [0.15, 0.2) is 22.9 Å². The molecule has 0 saturated heterocycles. The van der Waals surface area contributed by atoms with Gasteiger partial charge in [-0.15, -0.1) is 0 Å². The lowest BCUT2D eigenvalue weighted by atomic mass is 9.99. The van der Waals surface area contributed by atoms with Crippen LogP contribution >= 0.6 is 0 Å². The highest BCUT2D eigenvalue weighted by molar-refractivity contribution is 6.02. The van der Waals surface area contributed by atoms with E-state index in [0.717, 1.165) is 11.8 Å². The zero-order valence-corrected chi connectivity index (χ0v) is 13.2. The second kappa shape index (κ2) is 5.73.